The summed E-state index contributed by atoms with van der Waals surface area (Å²) in [5.41, 5.74) is 1.92. The van der Waals surface area contributed by atoms with E-state index >= 15 is 0 Å². The van der Waals surface area contributed by atoms with E-state index < -0.39 is 0 Å². The van der Waals surface area contributed by atoms with E-state index in [-0.39, 0.29) is 10.6 Å². The zero-order valence-corrected chi connectivity index (χ0v) is 12.1. The minimum Gasteiger partial charge on any atom is -0.303 e. The van der Waals surface area contributed by atoms with Crippen molar-refractivity contribution in [2.24, 2.45) is 0 Å². The van der Waals surface area contributed by atoms with Gasteiger partial charge in [0.25, 0.3) is 5.69 Å². The van der Waals surface area contributed by atoms with Crippen molar-refractivity contribution in [3.05, 3.63) is 52.1 Å². The van der Waals surface area contributed by atoms with Gasteiger partial charge in [-0.25, -0.2) is 4.98 Å². The van der Waals surface area contributed by atoms with Crippen LogP contribution < -0.4 is 0 Å². The molecule has 0 unspecified atom stereocenters. The number of imidazole rings is 1. The molecule has 0 saturated heterocycles. The first-order chi connectivity index (χ1) is 9.17. The normalized spacial score (nSPS) is 10.6. The molecule has 1 heterocycles. The molecule has 0 spiro atoms. The molecule has 0 radical (unpaired) electrons. The fraction of sp³-hybridized carbons (Fsp3) is 0.308. The third-order valence-corrected chi connectivity index (χ3v) is 3.47. The van der Waals surface area contributed by atoms with Crippen LogP contribution in [-0.4, -0.2) is 14.5 Å². The monoisotopic (exact) mass is 323 g/mol. The van der Waals surface area contributed by atoms with Gasteiger partial charge in [0.1, 0.15) is 5.82 Å². The number of benzene rings is 1. The summed E-state index contributed by atoms with van der Waals surface area (Å²) < 4.78 is 1.99. The van der Waals surface area contributed by atoms with E-state index in [1.54, 1.807) is 18.3 Å². The lowest BCUT2D eigenvalue weighted by molar-refractivity contribution is -0.384. The highest BCUT2D eigenvalue weighted by molar-refractivity contribution is 9.08. The molecular formula is C13H14BrN3O2. The molecule has 0 aliphatic rings. The quantitative estimate of drug-likeness (QED) is 0.479. The largest absolute Gasteiger partial charge is 0.303 e. The van der Waals surface area contributed by atoms with Crippen molar-refractivity contribution in [1.82, 2.24) is 9.55 Å². The minimum atomic E-state index is -0.378. The summed E-state index contributed by atoms with van der Waals surface area (Å²) in [5.74, 6) is 0.971. The van der Waals surface area contributed by atoms with Crippen molar-refractivity contribution in [3.8, 4) is 5.69 Å². The summed E-state index contributed by atoms with van der Waals surface area (Å²) in [7, 11) is 0. The first-order valence-corrected chi connectivity index (χ1v) is 7.15. The van der Waals surface area contributed by atoms with Crippen molar-refractivity contribution >= 4 is 21.6 Å². The molecule has 0 amide bonds. The van der Waals surface area contributed by atoms with E-state index in [1.165, 1.54) is 6.07 Å². The Balaban J connectivity index is 2.49. The number of aryl methyl sites for hydroxylation is 1. The second kappa shape index (κ2) is 5.97. The third-order valence-electron chi connectivity index (χ3n) is 2.87. The Hall–Kier alpha value is -1.69. The Kier molecular flexibility index (Phi) is 4.31. The molecule has 0 saturated carbocycles. The molecule has 100 valence electrons. The van der Waals surface area contributed by atoms with E-state index in [0.717, 1.165) is 29.9 Å². The van der Waals surface area contributed by atoms with Crippen molar-refractivity contribution < 1.29 is 4.92 Å². The van der Waals surface area contributed by atoms with Crippen molar-refractivity contribution in [2.75, 3.05) is 0 Å². The lowest BCUT2D eigenvalue weighted by atomic mass is 10.1. The summed E-state index contributed by atoms with van der Waals surface area (Å²) >= 11 is 3.38. The summed E-state index contributed by atoms with van der Waals surface area (Å²) in [6.45, 7) is 2.10. The Bertz CT molecular complexity index is 595. The summed E-state index contributed by atoms with van der Waals surface area (Å²) in [4.78, 5) is 14.8. The smallest absolute Gasteiger partial charge is 0.269 e. The Labute approximate surface area is 119 Å². The maximum Gasteiger partial charge on any atom is 0.269 e. The van der Waals surface area contributed by atoms with E-state index in [4.69, 9.17) is 0 Å². The fourth-order valence-electron chi connectivity index (χ4n) is 1.99. The molecule has 2 aromatic rings. The second-order valence-electron chi connectivity index (χ2n) is 4.17. The van der Waals surface area contributed by atoms with Crippen LogP contribution in [-0.2, 0) is 11.8 Å². The molecule has 0 aliphatic heterocycles. The first kappa shape index (κ1) is 13.7. The van der Waals surface area contributed by atoms with E-state index in [1.807, 2.05) is 10.8 Å². The highest BCUT2D eigenvalue weighted by Crippen LogP contribution is 2.24. The summed E-state index contributed by atoms with van der Waals surface area (Å²) in [6.07, 6.45) is 5.53. The van der Waals surface area contributed by atoms with Crippen LogP contribution in [0.4, 0.5) is 5.69 Å². The van der Waals surface area contributed by atoms with Crippen molar-refractivity contribution in [1.29, 1.82) is 0 Å². The van der Waals surface area contributed by atoms with Gasteiger partial charge in [-0.15, -0.1) is 0 Å². The van der Waals surface area contributed by atoms with Crippen LogP contribution >= 0.6 is 15.9 Å². The van der Waals surface area contributed by atoms with Gasteiger partial charge in [-0.05, 0) is 18.1 Å². The Morgan fingerprint density at radius 3 is 2.89 bits per heavy atom. The highest BCUT2D eigenvalue weighted by Gasteiger charge is 2.13. The van der Waals surface area contributed by atoms with E-state index in [2.05, 4.69) is 27.8 Å². The molecule has 1 aromatic heterocycles. The molecule has 0 atom stereocenters. The number of alkyl halides is 1. The third kappa shape index (κ3) is 2.84. The van der Waals surface area contributed by atoms with Crippen LogP contribution in [0.2, 0.25) is 0 Å². The van der Waals surface area contributed by atoms with Gasteiger partial charge in [0.05, 0.1) is 10.6 Å². The standard InChI is InChI=1S/C13H14BrN3O2/c1-2-3-13-15-6-7-16(13)12-5-4-11(17(18)19)8-10(12)9-14/h4-8H,2-3,9H2,1H3. The predicted molar refractivity (Wildman–Crippen MR) is 76.8 cm³/mol. The molecule has 0 fully saturated rings. The van der Waals surface area contributed by atoms with Crippen LogP contribution in [0.3, 0.4) is 0 Å². The van der Waals surface area contributed by atoms with Crippen molar-refractivity contribution in [3.63, 3.8) is 0 Å². The van der Waals surface area contributed by atoms with Gasteiger partial charge in [-0.2, -0.15) is 0 Å². The lowest BCUT2D eigenvalue weighted by Crippen LogP contribution is -2.03. The van der Waals surface area contributed by atoms with Gasteiger partial charge in [-0.3, -0.25) is 10.1 Å². The number of halogens is 1. The number of hydrogen-bond donors (Lipinski definition) is 0. The number of hydrogen-bond acceptors (Lipinski definition) is 3. The van der Waals surface area contributed by atoms with E-state index in [9.17, 15) is 10.1 Å². The van der Waals surface area contributed by atoms with Gasteiger partial charge >= 0.3 is 0 Å². The fourth-order valence-corrected chi connectivity index (χ4v) is 2.44. The van der Waals surface area contributed by atoms with Gasteiger partial charge in [0.2, 0.25) is 0 Å². The lowest BCUT2D eigenvalue weighted by Gasteiger charge is -2.11. The summed E-state index contributed by atoms with van der Waals surface area (Å²) in [6, 6.07) is 4.90. The molecule has 0 bridgehead atoms. The molecule has 6 heteroatoms. The molecule has 2 rings (SSSR count). The van der Waals surface area contributed by atoms with Crippen molar-refractivity contribution in [2.45, 2.75) is 25.1 Å². The number of aromatic nitrogens is 2. The Morgan fingerprint density at radius 1 is 1.47 bits per heavy atom. The average Bonchev–Trinajstić information content (AvgIpc) is 2.86. The zero-order chi connectivity index (χ0) is 13.8. The number of nitro groups is 1. The molecule has 0 N–H and O–H groups in total. The molecule has 5 nitrogen and oxygen atoms in total. The van der Waals surface area contributed by atoms with Crippen LogP contribution in [0.25, 0.3) is 5.69 Å². The predicted octanol–water partition coefficient (Wildman–Crippen LogP) is 3.63. The molecule has 0 aliphatic carbocycles. The number of non-ortho nitro benzene ring substituents is 1. The van der Waals surface area contributed by atoms with Crippen LogP contribution in [0.1, 0.15) is 24.7 Å². The average molecular weight is 324 g/mol. The Morgan fingerprint density at radius 2 is 2.26 bits per heavy atom. The van der Waals surface area contributed by atoms with Crippen LogP contribution in [0, 0.1) is 10.1 Å². The summed E-state index contributed by atoms with van der Waals surface area (Å²) in [5, 5.41) is 11.4. The first-order valence-electron chi connectivity index (χ1n) is 6.03. The van der Waals surface area contributed by atoms with Gasteiger partial charge in [-0.1, -0.05) is 22.9 Å². The van der Waals surface area contributed by atoms with E-state index in [0.29, 0.717) is 5.33 Å². The topological polar surface area (TPSA) is 61.0 Å². The maximum atomic E-state index is 10.8. The number of nitro benzene ring substituents is 1. The SMILES string of the molecule is CCCc1nccn1-c1ccc([N+](=O)[O-])cc1CBr. The van der Waals surface area contributed by atoms with Crippen LogP contribution in [0.15, 0.2) is 30.6 Å². The zero-order valence-electron chi connectivity index (χ0n) is 10.5. The van der Waals surface area contributed by atoms with Crippen LogP contribution in [0.5, 0.6) is 0 Å². The second-order valence-corrected chi connectivity index (χ2v) is 4.73. The molecule has 1 aromatic carbocycles. The van der Waals surface area contributed by atoms with Gasteiger partial charge < -0.3 is 4.57 Å². The molecular weight excluding hydrogens is 310 g/mol. The maximum absolute atomic E-state index is 10.8. The van der Waals surface area contributed by atoms with Gasteiger partial charge in [0.15, 0.2) is 0 Å². The number of rotatable bonds is 5. The van der Waals surface area contributed by atoms with Gasteiger partial charge in [0, 0.05) is 36.3 Å². The number of nitrogens with zero attached hydrogens (tertiary/aromatic N) is 3. The minimum absolute atomic E-state index is 0.107. The highest BCUT2D eigenvalue weighted by atomic mass is 79.9. The molecule has 19 heavy (non-hydrogen) atoms.